The van der Waals surface area contributed by atoms with E-state index in [0.29, 0.717) is 17.1 Å². The number of hydrogen-bond acceptors (Lipinski definition) is 2. The SMILES string of the molecule is Cc1ccc(NC(=O)[C@@H](N)CCc2ccccc2)c(Cl)c1. The molecule has 1 atom stereocenters. The van der Waals surface area contributed by atoms with E-state index in [1.54, 1.807) is 6.07 Å². The number of hydrogen-bond donors (Lipinski definition) is 2. The number of aryl methyl sites for hydroxylation is 2. The van der Waals surface area contributed by atoms with Gasteiger partial charge in [0, 0.05) is 0 Å². The second-order valence-corrected chi connectivity index (χ2v) is 5.51. The van der Waals surface area contributed by atoms with Crippen LogP contribution in [-0.4, -0.2) is 11.9 Å². The van der Waals surface area contributed by atoms with Crippen molar-refractivity contribution in [3.05, 3.63) is 64.7 Å². The zero-order chi connectivity index (χ0) is 15.2. The molecule has 1 amide bonds. The largest absolute Gasteiger partial charge is 0.323 e. The van der Waals surface area contributed by atoms with Crippen LogP contribution in [0.2, 0.25) is 5.02 Å². The fraction of sp³-hybridized carbons (Fsp3) is 0.235. The fourth-order valence-corrected chi connectivity index (χ4v) is 2.33. The van der Waals surface area contributed by atoms with E-state index >= 15 is 0 Å². The average Bonchev–Trinajstić information content (AvgIpc) is 2.48. The van der Waals surface area contributed by atoms with Crippen LogP contribution in [0.15, 0.2) is 48.5 Å². The third-order valence-corrected chi connectivity index (χ3v) is 3.62. The van der Waals surface area contributed by atoms with Crippen molar-refractivity contribution < 1.29 is 4.79 Å². The van der Waals surface area contributed by atoms with Crippen LogP contribution in [0, 0.1) is 6.92 Å². The standard InChI is InChI=1S/C17H19ClN2O/c1-12-7-10-16(14(18)11-12)20-17(21)15(19)9-8-13-5-3-2-4-6-13/h2-7,10-11,15H,8-9,19H2,1H3,(H,20,21)/t15-/m0/s1. The van der Waals surface area contributed by atoms with Crippen LogP contribution in [0.4, 0.5) is 5.69 Å². The minimum absolute atomic E-state index is 0.211. The van der Waals surface area contributed by atoms with Gasteiger partial charge in [0.15, 0.2) is 0 Å². The Morgan fingerprint density at radius 3 is 2.62 bits per heavy atom. The van der Waals surface area contributed by atoms with Crippen LogP contribution in [0.5, 0.6) is 0 Å². The van der Waals surface area contributed by atoms with Gasteiger partial charge in [0.25, 0.3) is 0 Å². The molecule has 2 aromatic carbocycles. The Hall–Kier alpha value is -1.84. The molecule has 3 nitrogen and oxygen atoms in total. The van der Waals surface area contributed by atoms with Gasteiger partial charge >= 0.3 is 0 Å². The smallest absolute Gasteiger partial charge is 0.241 e. The number of anilines is 1. The maximum absolute atomic E-state index is 12.1. The van der Waals surface area contributed by atoms with Crippen LogP contribution >= 0.6 is 11.6 Å². The van der Waals surface area contributed by atoms with Gasteiger partial charge in [-0.05, 0) is 43.0 Å². The van der Waals surface area contributed by atoms with E-state index < -0.39 is 6.04 Å². The predicted molar refractivity (Wildman–Crippen MR) is 87.6 cm³/mol. The number of rotatable bonds is 5. The summed E-state index contributed by atoms with van der Waals surface area (Å²) in [6, 6.07) is 14.9. The summed E-state index contributed by atoms with van der Waals surface area (Å²) in [4.78, 5) is 12.1. The van der Waals surface area contributed by atoms with E-state index in [-0.39, 0.29) is 5.91 Å². The lowest BCUT2D eigenvalue weighted by Gasteiger charge is -2.13. The summed E-state index contributed by atoms with van der Waals surface area (Å²) in [7, 11) is 0. The monoisotopic (exact) mass is 302 g/mol. The molecule has 0 saturated carbocycles. The molecule has 0 aliphatic heterocycles. The summed E-state index contributed by atoms with van der Waals surface area (Å²) in [6.45, 7) is 1.95. The summed E-state index contributed by atoms with van der Waals surface area (Å²) in [6.07, 6.45) is 1.37. The van der Waals surface area contributed by atoms with Gasteiger partial charge in [0.1, 0.15) is 0 Å². The number of benzene rings is 2. The summed E-state index contributed by atoms with van der Waals surface area (Å²) < 4.78 is 0. The van der Waals surface area contributed by atoms with Gasteiger partial charge in [0.05, 0.1) is 16.8 Å². The predicted octanol–water partition coefficient (Wildman–Crippen LogP) is 3.55. The Morgan fingerprint density at radius 2 is 1.95 bits per heavy atom. The van der Waals surface area contributed by atoms with E-state index in [1.165, 1.54) is 5.56 Å². The minimum atomic E-state index is -0.553. The molecule has 0 fully saturated rings. The van der Waals surface area contributed by atoms with Crippen molar-refractivity contribution in [2.75, 3.05) is 5.32 Å². The van der Waals surface area contributed by atoms with Crippen molar-refractivity contribution in [3.63, 3.8) is 0 Å². The van der Waals surface area contributed by atoms with Gasteiger partial charge < -0.3 is 11.1 Å². The van der Waals surface area contributed by atoms with Crippen LogP contribution in [-0.2, 0) is 11.2 Å². The number of carbonyl (C=O) groups is 1. The van der Waals surface area contributed by atoms with E-state index in [9.17, 15) is 4.79 Å². The summed E-state index contributed by atoms with van der Waals surface area (Å²) >= 11 is 6.10. The number of amides is 1. The van der Waals surface area contributed by atoms with Gasteiger partial charge in [-0.3, -0.25) is 4.79 Å². The molecule has 2 rings (SSSR count). The molecule has 0 heterocycles. The van der Waals surface area contributed by atoms with Crippen molar-refractivity contribution in [1.82, 2.24) is 0 Å². The molecule has 0 saturated heterocycles. The topological polar surface area (TPSA) is 55.1 Å². The van der Waals surface area contributed by atoms with Gasteiger partial charge in [0.2, 0.25) is 5.91 Å². The molecule has 0 radical (unpaired) electrons. The Labute approximate surface area is 130 Å². The van der Waals surface area contributed by atoms with Crippen LogP contribution in [0.25, 0.3) is 0 Å². The highest BCUT2D eigenvalue weighted by molar-refractivity contribution is 6.33. The Balaban J connectivity index is 1.90. The maximum Gasteiger partial charge on any atom is 0.241 e. The molecular formula is C17H19ClN2O. The van der Waals surface area contributed by atoms with Gasteiger partial charge in [-0.1, -0.05) is 48.0 Å². The molecular weight excluding hydrogens is 284 g/mol. The Morgan fingerprint density at radius 1 is 1.24 bits per heavy atom. The molecule has 4 heteroatoms. The first-order valence-electron chi connectivity index (χ1n) is 6.93. The number of nitrogens with one attached hydrogen (secondary N) is 1. The third kappa shape index (κ3) is 4.59. The zero-order valence-corrected chi connectivity index (χ0v) is 12.7. The van der Waals surface area contributed by atoms with Gasteiger partial charge in [-0.25, -0.2) is 0 Å². The lowest BCUT2D eigenvalue weighted by atomic mass is 10.1. The van der Waals surface area contributed by atoms with Crippen LogP contribution in [0.1, 0.15) is 17.5 Å². The second kappa shape index (κ2) is 7.25. The van der Waals surface area contributed by atoms with E-state index in [1.807, 2.05) is 49.4 Å². The van der Waals surface area contributed by atoms with Crippen molar-refractivity contribution >= 4 is 23.2 Å². The normalized spacial score (nSPS) is 12.0. The molecule has 110 valence electrons. The maximum atomic E-state index is 12.1. The number of nitrogens with two attached hydrogens (primary N) is 1. The van der Waals surface area contributed by atoms with E-state index in [2.05, 4.69) is 5.32 Å². The summed E-state index contributed by atoms with van der Waals surface area (Å²) in [5, 5.41) is 3.30. The third-order valence-electron chi connectivity index (χ3n) is 3.31. The van der Waals surface area contributed by atoms with Crippen LogP contribution < -0.4 is 11.1 Å². The first-order valence-corrected chi connectivity index (χ1v) is 7.30. The number of halogens is 1. The van der Waals surface area contributed by atoms with Crippen molar-refractivity contribution in [1.29, 1.82) is 0 Å². The van der Waals surface area contributed by atoms with Crippen LogP contribution in [0.3, 0.4) is 0 Å². The molecule has 0 unspecified atom stereocenters. The lowest BCUT2D eigenvalue weighted by molar-refractivity contribution is -0.117. The summed E-state index contributed by atoms with van der Waals surface area (Å²) in [5.41, 5.74) is 8.76. The molecule has 0 aliphatic carbocycles. The molecule has 0 spiro atoms. The second-order valence-electron chi connectivity index (χ2n) is 5.10. The highest BCUT2D eigenvalue weighted by atomic mass is 35.5. The molecule has 21 heavy (non-hydrogen) atoms. The van der Waals surface area contributed by atoms with E-state index in [4.69, 9.17) is 17.3 Å². The van der Waals surface area contributed by atoms with Gasteiger partial charge in [-0.15, -0.1) is 0 Å². The lowest BCUT2D eigenvalue weighted by Crippen LogP contribution is -2.36. The summed E-state index contributed by atoms with van der Waals surface area (Å²) in [5.74, 6) is -0.211. The zero-order valence-electron chi connectivity index (χ0n) is 12.0. The Bertz CT molecular complexity index is 613. The molecule has 2 aromatic rings. The Kier molecular flexibility index (Phi) is 5.37. The fourth-order valence-electron chi connectivity index (χ4n) is 2.04. The van der Waals surface area contributed by atoms with Crippen molar-refractivity contribution in [2.45, 2.75) is 25.8 Å². The molecule has 0 bridgehead atoms. The van der Waals surface area contributed by atoms with E-state index in [0.717, 1.165) is 12.0 Å². The van der Waals surface area contributed by atoms with Crippen molar-refractivity contribution in [3.8, 4) is 0 Å². The first-order chi connectivity index (χ1) is 10.1. The minimum Gasteiger partial charge on any atom is -0.323 e. The number of carbonyl (C=O) groups excluding carboxylic acids is 1. The molecule has 3 N–H and O–H groups in total. The highest BCUT2D eigenvalue weighted by Gasteiger charge is 2.14. The quantitative estimate of drug-likeness (QED) is 0.887. The molecule has 0 aromatic heterocycles. The highest BCUT2D eigenvalue weighted by Crippen LogP contribution is 2.22. The average molecular weight is 303 g/mol. The first kappa shape index (κ1) is 15.5. The van der Waals surface area contributed by atoms with Gasteiger partial charge in [-0.2, -0.15) is 0 Å². The molecule has 0 aliphatic rings. The van der Waals surface area contributed by atoms with Crippen molar-refractivity contribution in [2.24, 2.45) is 5.73 Å².